The summed E-state index contributed by atoms with van der Waals surface area (Å²) in [5, 5.41) is 13.8. The number of carbonyl (C=O) groups is 1. The topological polar surface area (TPSA) is 76.1 Å². The number of nitrogens with one attached hydrogen (secondary N) is 2. The monoisotopic (exact) mass is 272 g/mol. The van der Waals surface area contributed by atoms with Crippen molar-refractivity contribution in [3.05, 3.63) is 42.1 Å². The lowest BCUT2D eigenvalue weighted by molar-refractivity contribution is -0.119. The van der Waals surface area contributed by atoms with Gasteiger partial charge >= 0.3 is 0 Å². The SMILES string of the molecule is COCC(=O)Nc1ccc(Nc2ccc(C)nn2)cc1. The molecule has 104 valence electrons. The number of hydrogen-bond acceptors (Lipinski definition) is 5. The molecule has 1 amide bonds. The van der Waals surface area contributed by atoms with E-state index in [-0.39, 0.29) is 12.5 Å². The average molecular weight is 272 g/mol. The fourth-order valence-corrected chi connectivity index (χ4v) is 1.58. The second-order valence-corrected chi connectivity index (χ2v) is 4.24. The van der Waals surface area contributed by atoms with E-state index in [1.165, 1.54) is 7.11 Å². The maximum atomic E-state index is 11.4. The summed E-state index contributed by atoms with van der Waals surface area (Å²) in [7, 11) is 1.48. The van der Waals surface area contributed by atoms with Crippen molar-refractivity contribution in [2.24, 2.45) is 0 Å². The first-order chi connectivity index (χ1) is 9.67. The number of hydrogen-bond donors (Lipinski definition) is 2. The molecule has 6 heteroatoms. The molecule has 0 bridgehead atoms. The molecular weight excluding hydrogens is 256 g/mol. The summed E-state index contributed by atoms with van der Waals surface area (Å²) in [4.78, 5) is 11.4. The van der Waals surface area contributed by atoms with Crippen molar-refractivity contribution in [3.8, 4) is 0 Å². The van der Waals surface area contributed by atoms with Crippen molar-refractivity contribution in [3.63, 3.8) is 0 Å². The van der Waals surface area contributed by atoms with Gasteiger partial charge in [0.1, 0.15) is 6.61 Å². The number of benzene rings is 1. The summed E-state index contributed by atoms with van der Waals surface area (Å²) in [6, 6.07) is 11.0. The van der Waals surface area contributed by atoms with Crippen molar-refractivity contribution in [2.75, 3.05) is 24.4 Å². The lowest BCUT2D eigenvalue weighted by atomic mass is 10.2. The van der Waals surface area contributed by atoms with Gasteiger partial charge in [0, 0.05) is 18.5 Å². The van der Waals surface area contributed by atoms with Crippen molar-refractivity contribution in [1.82, 2.24) is 10.2 Å². The van der Waals surface area contributed by atoms with E-state index in [0.29, 0.717) is 11.5 Å². The molecule has 2 N–H and O–H groups in total. The number of aryl methyl sites for hydroxylation is 1. The van der Waals surface area contributed by atoms with Crippen LogP contribution >= 0.6 is 0 Å². The third-order valence-corrected chi connectivity index (χ3v) is 2.51. The second kappa shape index (κ2) is 6.63. The van der Waals surface area contributed by atoms with E-state index in [2.05, 4.69) is 20.8 Å². The third-order valence-electron chi connectivity index (χ3n) is 2.51. The molecule has 2 aromatic rings. The number of amides is 1. The molecule has 1 aromatic carbocycles. The summed E-state index contributed by atoms with van der Waals surface area (Å²) in [5.74, 6) is 0.490. The minimum Gasteiger partial charge on any atom is -0.375 e. The summed E-state index contributed by atoms with van der Waals surface area (Å²) >= 11 is 0. The van der Waals surface area contributed by atoms with Crippen LogP contribution in [0.25, 0.3) is 0 Å². The Morgan fingerprint density at radius 3 is 2.40 bits per heavy atom. The molecule has 0 aliphatic carbocycles. The van der Waals surface area contributed by atoms with Crippen LogP contribution in [0.3, 0.4) is 0 Å². The van der Waals surface area contributed by atoms with Crippen molar-refractivity contribution in [2.45, 2.75) is 6.92 Å². The zero-order valence-electron chi connectivity index (χ0n) is 11.4. The Morgan fingerprint density at radius 1 is 1.10 bits per heavy atom. The lowest BCUT2D eigenvalue weighted by Crippen LogP contribution is -2.16. The predicted molar refractivity (Wildman–Crippen MR) is 77.0 cm³/mol. The van der Waals surface area contributed by atoms with Crippen LogP contribution in [0.5, 0.6) is 0 Å². The highest BCUT2D eigenvalue weighted by Gasteiger charge is 2.01. The molecule has 20 heavy (non-hydrogen) atoms. The van der Waals surface area contributed by atoms with Gasteiger partial charge in [-0.05, 0) is 43.3 Å². The second-order valence-electron chi connectivity index (χ2n) is 4.24. The lowest BCUT2D eigenvalue weighted by Gasteiger charge is -2.07. The number of carbonyl (C=O) groups excluding carboxylic acids is 1. The summed E-state index contributed by atoms with van der Waals surface area (Å²) < 4.78 is 4.75. The van der Waals surface area contributed by atoms with Crippen molar-refractivity contribution < 1.29 is 9.53 Å². The Kier molecular flexibility index (Phi) is 4.62. The van der Waals surface area contributed by atoms with Crippen molar-refractivity contribution in [1.29, 1.82) is 0 Å². The highest BCUT2D eigenvalue weighted by molar-refractivity contribution is 5.91. The van der Waals surface area contributed by atoms with E-state index in [0.717, 1.165) is 11.4 Å². The Hall–Kier alpha value is -2.47. The molecule has 0 saturated heterocycles. The van der Waals surface area contributed by atoms with Crippen LogP contribution in [0.4, 0.5) is 17.2 Å². The summed E-state index contributed by atoms with van der Waals surface area (Å²) in [6.45, 7) is 1.92. The largest absolute Gasteiger partial charge is 0.375 e. The Balaban J connectivity index is 1.97. The number of nitrogens with zero attached hydrogens (tertiary/aromatic N) is 2. The van der Waals surface area contributed by atoms with Gasteiger partial charge in [-0.15, -0.1) is 5.10 Å². The van der Waals surface area contributed by atoms with Crippen molar-refractivity contribution >= 4 is 23.1 Å². The Morgan fingerprint density at radius 2 is 1.80 bits per heavy atom. The predicted octanol–water partition coefficient (Wildman–Crippen LogP) is 2.11. The smallest absolute Gasteiger partial charge is 0.250 e. The Bertz CT molecular complexity index is 567. The van der Waals surface area contributed by atoms with Gasteiger partial charge in [-0.3, -0.25) is 4.79 Å². The molecule has 0 radical (unpaired) electrons. The molecule has 2 rings (SSSR count). The molecule has 0 saturated carbocycles. The van der Waals surface area contributed by atoms with Gasteiger partial charge in [-0.25, -0.2) is 0 Å². The first kappa shape index (κ1) is 14.0. The fraction of sp³-hybridized carbons (Fsp3) is 0.214. The molecule has 0 spiro atoms. The minimum atomic E-state index is -0.183. The maximum Gasteiger partial charge on any atom is 0.250 e. The molecule has 1 heterocycles. The van der Waals surface area contributed by atoms with Crippen LogP contribution in [0.2, 0.25) is 0 Å². The summed E-state index contributed by atoms with van der Waals surface area (Å²) in [5.41, 5.74) is 2.45. The van der Waals surface area contributed by atoms with Gasteiger partial charge < -0.3 is 15.4 Å². The van der Waals surface area contributed by atoms with Gasteiger partial charge in [-0.1, -0.05) is 0 Å². The van der Waals surface area contributed by atoms with E-state index in [9.17, 15) is 4.79 Å². The molecule has 0 atom stereocenters. The van der Waals surface area contributed by atoms with Crippen LogP contribution in [0.1, 0.15) is 5.69 Å². The van der Waals surface area contributed by atoms with Gasteiger partial charge in [0.25, 0.3) is 0 Å². The summed E-state index contributed by atoms with van der Waals surface area (Å²) in [6.07, 6.45) is 0. The normalized spacial score (nSPS) is 10.1. The van der Waals surface area contributed by atoms with Crippen LogP contribution in [-0.4, -0.2) is 29.8 Å². The van der Waals surface area contributed by atoms with Gasteiger partial charge in [0.2, 0.25) is 5.91 Å². The first-order valence-corrected chi connectivity index (χ1v) is 6.13. The molecule has 1 aromatic heterocycles. The van der Waals surface area contributed by atoms with E-state index in [1.54, 1.807) is 12.1 Å². The number of aromatic nitrogens is 2. The average Bonchev–Trinajstić information content (AvgIpc) is 2.44. The van der Waals surface area contributed by atoms with E-state index in [4.69, 9.17) is 4.74 Å². The van der Waals surface area contributed by atoms with E-state index in [1.807, 2.05) is 31.2 Å². The van der Waals surface area contributed by atoms with Crippen LogP contribution in [0, 0.1) is 6.92 Å². The zero-order valence-corrected chi connectivity index (χ0v) is 11.4. The molecule has 0 aliphatic rings. The minimum absolute atomic E-state index is 0.0406. The van der Waals surface area contributed by atoms with Gasteiger partial charge in [0.05, 0.1) is 5.69 Å². The fourth-order valence-electron chi connectivity index (χ4n) is 1.58. The van der Waals surface area contributed by atoms with Crippen LogP contribution < -0.4 is 10.6 Å². The van der Waals surface area contributed by atoms with Gasteiger partial charge in [0.15, 0.2) is 5.82 Å². The van der Waals surface area contributed by atoms with E-state index < -0.39 is 0 Å². The van der Waals surface area contributed by atoms with Crippen LogP contribution in [-0.2, 0) is 9.53 Å². The Labute approximate surface area is 117 Å². The zero-order chi connectivity index (χ0) is 14.4. The highest BCUT2D eigenvalue weighted by Crippen LogP contribution is 2.17. The molecule has 0 aliphatic heterocycles. The first-order valence-electron chi connectivity index (χ1n) is 6.13. The quantitative estimate of drug-likeness (QED) is 0.871. The molecule has 0 fully saturated rings. The van der Waals surface area contributed by atoms with Gasteiger partial charge in [-0.2, -0.15) is 5.10 Å². The highest BCUT2D eigenvalue weighted by atomic mass is 16.5. The maximum absolute atomic E-state index is 11.4. The standard InChI is InChI=1S/C14H16N4O2/c1-10-3-8-13(18-17-10)15-11-4-6-12(7-5-11)16-14(19)9-20-2/h3-8H,9H2,1-2H3,(H,15,18)(H,16,19). The van der Waals surface area contributed by atoms with Crippen LogP contribution in [0.15, 0.2) is 36.4 Å². The molecule has 6 nitrogen and oxygen atoms in total. The third kappa shape index (κ3) is 4.03. The number of ether oxygens (including phenoxy) is 1. The molecule has 0 unspecified atom stereocenters. The van der Waals surface area contributed by atoms with E-state index >= 15 is 0 Å². The number of anilines is 3. The number of rotatable bonds is 5. The number of methoxy groups -OCH3 is 1. The molecular formula is C14H16N4O2.